The maximum Gasteiger partial charge on any atom is 0.254 e. The van der Waals surface area contributed by atoms with Crippen LogP contribution < -0.4 is 21.9 Å². The molecule has 0 spiro atoms. The van der Waals surface area contributed by atoms with Crippen molar-refractivity contribution < 1.29 is 14.3 Å². The molecule has 5 aromatic rings. The predicted octanol–water partition coefficient (Wildman–Crippen LogP) is 5.24. The van der Waals surface area contributed by atoms with Crippen molar-refractivity contribution in [1.82, 2.24) is 19.4 Å². The van der Waals surface area contributed by atoms with Gasteiger partial charge in [-0.2, -0.15) is 0 Å². The molecular formula is C38H44N8O3. The van der Waals surface area contributed by atoms with Crippen LogP contribution in [-0.2, 0) is 17.8 Å². The zero-order valence-corrected chi connectivity index (χ0v) is 27.9. The van der Waals surface area contributed by atoms with Crippen LogP contribution >= 0.6 is 0 Å². The smallest absolute Gasteiger partial charge is 0.254 e. The molecule has 11 heteroatoms. The summed E-state index contributed by atoms with van der Waals surface area (Å²) in [5, 5.41) is 0. The lowest BCUT2D eigenvalue weighted by atomic mass is 10.1. The van der Waals surface area contributed by atoms with Crippen LogP contribution in [0.25, 0.3) is 22.4 Å². The van der Waals surface area contributed by atoms with Crippen LogP contribution in [0.2, 0.25) is 0 Å². The fraction of sp³-hybridized carbons (Fsp3) is 0.289. The highest BCUT2D eigenvalue weighted by atomic mass is 16.5. The number of nitrogens with two attached hydrogens (primary N) is 3. The van der Waals surface area contributed by atoms with E-state index in [0.717, 1.165) is 35.3 Å². The van der Waals surface area contributed by atoms with Gasteiger partial charge in [0.1, 0.15) is 17.6 Å². The largest absolute Gasteiger partial charge is 0.494 e. The predicted molar refractivity (Wildman–Crippen MR) is 193 cm³/mol. The Labute approximate surface area is 286 Å². The number of unbranched alkanes of at least 4 members (excludes halogenated alkanes) is 1. The number of nitrogens with zero attached hydrogens (tertiary/aromatic N) is 5. The van der Waals surface area contributed by atoms with Crippen molar-refractivity contribution >= 4 is 28.8 Å². The van der Waals surface area contributed by atoms with Crippen LogP contribution in [0, 0.1) is 0 Å². The molecule has 0 unspecified atom stereocenters. The summed E-state index contributed by atoms with van der Waals surface area (Å²) in [6, 6.07) is 26.2. The molecule has 11 nitrogen and oxygen atoms in total. The van der Waals surface area contributed by atoms with Gasteiger partial charge in [0.2, 0.25) is 5.91 Å². The van der Waals surface area contributed by atoms with Gasteiger partial charge < -0.3 is 31.4 Å². The van der Waals surface area contributed by atoms with E-state index in [2.05, 4.69) is 29.0 Å². The van der Waals surface area contributed by atoms with Crippen LogP contribution in [0.15, 0.2) is 102 Å². The molecule has 0 aliphatic carbocycles. The van der Waals surface area contributed by atoms with Crippen LogP contribution in [0.3, 0.4) is 0 Å². The summed E-state index contributed by atoms with van der Waals surface area (Å²) < 4.78 is 7.73. The number of carbonyl (C=O) groups excluding carboxylic acids is 2. The first-order chi connectivity index (χ1) is 23.8. The number of fused-ring (bicyclic) bond motifs is 1. The number of hydrogen-bond acceptors (Lipinski definition) is 6. The van der Waals surface area contributed by atoms with Gasteiger partial charge in [-0.15, -0.1) is 0 Å². The Hall–Kier alpha value is -5.71. The molecule has 5 rings (SSSR count). The second-order valence-electron chi connectivity index (χ2n) is 11.9. The summed E-state index contributed by atoms with van der Waals surface area (Å²) in [5.41, 5.74) is 21.7. The van der Waals surface area contributed by atoms with E-state index in [-0.39, 0.29) is 11.9 Å². The number of primary amides is 1. The van der Waals surface area contributed by atoms with Gasteiger partial charge in [0.25, 0.3) is 5.91 Å². The molecule has 0 bridgehead atoms. The molecule has 2 amide bonds. The number of aromatic nitrogens is 3. The van der Waals surface area contributed by atoms with Crippen molar-refractivity contribution in [3.8, 4) is 17.1 Å². The molecule has 0 saturated heterocycles. The molecular weight excluding hydrogens is 616 g/mol. The van der Waals surface area contributed by atoms with Crippen molar-refractivity contribution in [3.63, 3.8) is 0 Å². The molecule has 49 heavy (non-hydrogen) atoms. The first kappa shape index (κ1) is 34.6. The quantitative estimate of drug-likeness (QED) is 0.0696. The maximum atomic E-state index is 14.1. The Kier molecular flexibility index (Phi) is 11.9. The van der Waals surface area contributed by atoms with Gasteiger partial charge >= 0.3 is 0 Å². The molecule has 2 heterocycles. The number of guanidine groups is 1. The summed E-state index contributed by atoms with van der Waals surface area (Å²) in [5.74, 6) is 0.662. The normalized spacial score (nSPS) is 11.6. The number of amides is 2. The van der Waals surface area contributed by atoms with E-state index in [1.807, 2.05) is 70.1 Å². The molecule has 6 N–H and O–H groups in total. The average molecular weight is 661 g/mol. The minimum Gasteiger partial charge on any atom is -0.494 e. The van der Waals surface area contributed by atoms with Gasteiger partial charge in [0, 0.05) is 43.2 Å². The Bertz CT molecular complexity index is 1850. The highest BCUT2D eigenvalue weighted by molar-refractivity contribution is 5.98. The highest BCUT2D eigenvalue weighted by Crippen LogP contribution is 2.32. The van der Waals surface area contributed by atoms with E-state index in [9.17, 15) is 9.59 Å². The molecule has 0 saturated carbocycles. The standard InChI is InChI=1S/C38H44N8O3/c1-2-3-23-49-31-16-13-29(14-17-31)36-44-32-24-30(15-18-33(32)46(36)34(35(39)47)12-8-21-43-38(40)41)37(48)45(26-28-11-7-20-42-25-28)22-19-27-9-5-4-6-10-27/h4-7,9-11,13-18,20,24-25,34H,2-3,8,12,19,21-23,26H2,1H3,(H2,39,47)(H4,40,41,43)/t34-/m0/s1. The van der Waals surface area contributed by atoms with E-state index in [0.29, 0.717) is 67.9 Å². The molecule has 254 valence electrons. The maximum absolute atomic E-state index is 14.1. The Morgan fingerprint density at radius 2 is 1.71 bits per heavy atom. The van der Waals surface area contributed by atoms with Gasteiger partial charge in [0.05, 0.1) is 17.6 Å². The minimum absolute atomic E-state index is 0.0100. The zero-order chi connectivity index (χ0) is 34.6. The third kappa shape index (κ3) is 9.22. The summed E-state index contributed by atoms with van der Waals surface area (Å²) >= 11 is 0. The lowest BCUT2D eigenvalue weighted by molar-refractivity contribution is -0.121. The van der Waals surface area contributed by atoms with E-state index < -0.39 is 11.9 Å². The third-order valence-electron chi connectivity index (χ3n) is 8.28. The number of hydrogen-bond donors (Lipinski definition) is 3. The van der Waals surface area contributed by atoms with Crippen molar-refractivity contribution in [1.29, 1.82) is 0 Å². The number of imidazole rings is 1. The van der Waals surface area contributed by atoms with Crippen molar-refractivity contribution in [2.45, 2.75) is 51.6 Å². The van der Waals surface area contributed by atoms with E-state index >= 15 is 0 Å². The number of rotatable bonds is 17. The summed E-state index contributed by atoms with van der Waals surface area (Å²) in [7, 11) is 0. The van der Waals surface area contributed by atoms with E-state index in [4.69, 9.17) is 26.9 Å². The third-order valence-corrected chi connectivity index (χ3v) is 8.28. The zero-order valence-electron chi connectivity index (χ0n) is 27.9. The molecule has 0 aliphatic rings. The fourth-order valence-electron chi connectivity index (χ4n) is 5.73. The van der Waals surface area contributed by atoms with Crippen LogP contribution in [0.4, 0.5) is 0 Å². The first-order valence-electron chi connectivity index (χ1n) is 16.7. The number of aliphatic imine (C=N–C) groups is 1. The summed E-state index contributed by atoms with van der Waals surface area (Å²) in [6.07, 6.45) is 7.11. The lowest BCUT2D eigenvalue weighted by Crippen LogP contribution is -2.32. The van der Waals surface area contributed by atoms with Gasteiger partial charge in [0.15, 0.2) is 5.96 Å². The number of ether oxygens (including phenoxy) is 1. The SMILES string of the molecule is CCCCOc1ccc(-c2nc3cc(C(=O)N(CCc4ccccc4)Cc4cccnc4)ccc3n2[C@@H](CCCN=C(N)N)C(N)=O)cc1. The summed E-state index contributed by atoms with van der Waals surface area (Å²) in [6.45, 7) is 4.02. The van der Waals surface area contributed by atoms with Gasteiger partial charge in [-0.25, -0.2) is 4.98 Å². The molecule has 0 fully saturated rings. The second kappa shape index (κ2) is 16.9. The molecule has 2 aromatic heterocycles. The molecule has 0 aliphatic heterocycles. The minimum atomic E-state index is -0.732. The lowest BCUT2D eigenvalue weighted by Gasteiger charge is -2.23. The van der Waals surface area contributed by atoms with Crippen LogP contribution in [-0.4, -0.2) is 56.9 Å². The van der Waals surface area contributed by atoms with Gasteiger partial charge in [-0.1, -0.05) is 49.7 Å². The number of benzene rings is 3. The Morgan fingerprint density at radius 1 is 0.939 bits per heavy atom. The average Bonchev–Trinajstić information content (AvgIpc) is 3.49. The monoisotopic (exact) mass is 660 g/mol. The molecule has 3 aromatic carbocycles. The number of pyridine rings is 1. The molecule has 1 atom stereocenters. The van der Waals surface area contributed by atoms with Gasteiger partial charge in [-0.05, 0) is 85.3 Å². The van der Waals surface area contributed by atoms with E-state index in [1.165, 1.54) is 0 Å². The summed E-state index contributed by atoms with van der Waals surface area (Å²) in [4.78, 5) is 42.3. The number of carbonyl (C=O) groups is 2. The van der Waals surface area contributed by atoms with E-state index in [1.54, 1.807) is 24.5 Å². The highest BCUT2D eigenvalue weighted by Gasteiger charge is 2.26. The first-order valence-corrected chi connectivity index (χ1v) is 16.7. The fourth-order valence-corrected chi connectivity index (χ4v) is 5.73. The van der Waals surface area contributed by atoms with Crippen molar-refractivity contribution in [2.75, 3.05) is 19.7 Å². The van der Waals surface area contributed by atoms with Crippen LogP contribution in [0.5, 0.6) is 5.75 Å². The van der Waals surface area contributed by atoms with Crippen molar-refractivity contribution in [3.05, 3.63) is 114 Å². The van der Waals surface area contributed by atoms with Crippen LogP contribution in [0.1, 0.15) is 60.1 Å². The molecule has 0 radical (unpaired) electrons. The van der Waals surface area contributed by atoms with Crippen molar-refractivity contribution in [2.24, 2.45) is 22.2 Å². The Morgan fingerprint density at radius 3 is 2.41 bits per heavy atom. The Balaban J connectivity index is 1.51. The van der Waals surface area contributed by atoms with Gasteiger partial charge in [-0.3, -0.25) is 19.6 Å². The topological polar surface area (TPSA) is 168 Å². The second-order valence-corrected chi connectivity index (χ2v) is 11.9.